The predicted octanol–water partition coefficient (Wildman–Crippen LogP) is 3.10. The molecule has 1 atom stereocenters. The summed E-state index contributed by atoms with van der Waals surface area (Å²) in [5.74, 6) is 1.73. The lowest BCUT2D eigenvalue weighted by molar-refractivity contribution is 0.193. The first-order valence-corrected chi connectivity index (χ1v) is 8.15. The highest BCUT2D eigenvalue weighted by Crippen LogP contribution is 2.29. The van der Waals surface area contributed by atoms with Gasteiger partial charge in [-0.15, -0.1) is 21.8 Å². The molecule has 0 N–H and O–H groups in total. The van der Waals surface area contributed by atoms with Crippen molar-refractivity contribution >= 4 is 27.9 Å². The molecule has 1 aromatic carbocycles. The van der Waals surface area contributed by atoms with E-state index in [0.717, 1.165) is 39.9 Å². The van der Waals surface area contributed by atoms with Crippen LogP contribution < -0.4 is 0 Å². The second kappa shape index (κ2) is 5.36. The first-order valence-electron chi connectivity index (χ1n) is 6.80. The van der Waals surface area contributed by atoms with Gasteiger partial charge in [-0.05, 0) is 12.0 Å². The normalized spacial score (nSPS) is 18.6. The molecule has 3 heterocycles. The molecule has 3 aromatic rings. The fourth-order valence-corrected chi connectivity index (χ4v) is 3.51. The minimum atomic E-state index is 0.300. The molecule has 1 aliphatic heterocycles. The summed E-state index contributed by atoms with van der Waals surface area (Å²) in [7, 11) is 0. The Morgan fingerprint density at radius 2 is 2.14 bits per heavy atom. The minimum absolute atomic E-state index is 0.300. The van der Waals surface area contributed by atoms with Crippen molar-refractivity contribution in [3.8, 4) is 10.6 Å². The summed E-state index contributed by atoms with van der Waals surface area (Å²) < 4.78 is 7.28. The maximum atomic E-state index is 5.82. The van der Waals surface area contributed by atoms with E-state index in [1.165, 1.54) is 0 Å². The van der Waals surface area contributed by atoms with Gasteiger partial charge in [-0.1, -0.05) is 35.6 Å². The van der Waals surface area contributed by atoms with Crippen LogP contribution in [0.25, 0.3) is 15.5 Å². The number of benzene rings is 1. The van der Waals surface area contributed by atoms with Gasteiger partial charge in [0.05, 0.1) is 6.61 Å². The molecule has 0 saturated carbocycles. The molecule has 0 spiro atoms. The molecule has 1 unspecified atom stereocenters. The van der Waals surface area contributed by atoms with Gasteiger partial charge in [0.1, 0.15) is 5.01 Å². The van der Waals surface area contributed by atoms with E-state index in [1.807, 2.05) is 28.8 Å². The molecule has 21 heavy (non-hydrogen) atoms. The largest absolute Gasteiger partial charge is 0.381 e. The van der Waals surface area contributed by atoms with Crippen LogP contribution in [0, 0.1) is 0 Å². The lowest BCUT2D eigenvalue weighted by atomic mass is 10.1. The Labute approximate surface area is 130 Å². The van der Waals surface area contributed by atoms with Crippen molar-refractivity contribution in [2.45, 2.75) is 18.2 Å². The van der Waals surface area contributed by atoms with Gasteiger partial charge in [-0.2, -0.15) is 9.61 Å². The lowest BCUT2D eigenvalue weighted by Gasteiger charge is -2.02. The number of rotatable bonds is 3. The van der Waals surface area contributed by atoms with Crippen LogP contribution in [0.5, 0.6) is 0 Å². The zero-order valence-electron chi connectivity index (χ0n) is 11.2. The van der Waals surface area contributed by atoms with Crippen LogP contribution in [0.15, 0.2) is 24.3 Å². The second-order valence-corrected chi connectivity index (χ2v) is 6.27. The number of ether oxygens (including phenoxy) is 1. The third kappa shape index (κ3) is 2.33. The van der Waals surface area contributed by atoms with E-state index in [-0.39, 0.29) is 0 Å². The summed E-state index contributed by atoms with van der Waals surface area (Å²) in [6.07, 6.45) is 0.984. The van der Waals surface area contributed by atoms with Crippen molar-refractivity contribution < 1.29 is 4.74 Å². The Morgan fingerprint density at radius 3 is 2.86 bits per heavy atom. The van der Waals surface area contributed by atoms with E-state index in [0.29, 0.717) is 18.4 Å². The number of nitrogens with zero attached hydrogens (tertiary/aromatic N) is 4. The Hall–Kier alpha value is -1.50. The Morgan fingerprint density at radius 1 is 1.29 bits per heavy atom. The summed E-state index contributed by atoms with van der Waals surface area (Å²) >= 11 is 7.37. The van der Waals surface area contributed by atoms with E-state index in [4.69, 9.17) is 16.3 Å². The molecule has 7 heteroatoms. The summed E-state index contributed by atoms with van der Waals surface area (Å²) in [6, 6.07) is 8.14. The molecule has 0 aliphatic carbocycles. The van der Waals surface area contributed by atoms with E-state index >= 15 is 0 Å². The molecule has 1 saturated heterocycles. The summed E-state index contributed by atoms with van der Waals surface area (Å²) in [5, 5.41) is 14.1. The molecule has 4 rings (SSSR count). The Kier molecular flexibility index (Phi) is 3.37. The average molecular weight is 321 g/mol. The number of fused-ring (bicyclic) bond motifs is 1. The highest BCUT2D eigenvalue weighted by molar-refractivity contribution is 7.19. The minimum Gasteiger partial charge on any atom is -0.381 e. The van der Waals surface area contributed by atoms with Crippen LogP contribution in [0.2, 0.25) is 0 Å². The third-order valence-electron chi connectivity index (χ3n) is 3.67. The second-order valence-electron chi connectivity index (χ2n) is 5.05. The number of hydrogen-bond donors (Lipinski definition) is 0. The van der Waals surface area contributed by atoms with Crippen LogP contribution in [0.4, 0.5) is 0 Å². The molecular formula is C14H13ClN4OS. The Balaban J connectivity index is 1.72. The molecule has 2 aromatic heterocycles. The quantitative estimate of drug-likeness (QED) is 0.696. The van der Waals surface area contributed by atoms with Crippen molar-refractivity contribution in [2.75, 3.05) is 13.2 Å². The summed E-state index contributed by atoms with van der Waals surface area (Å²) in [4.78, 5) is 0.827. The maximum Gasteiger partial charge on any atom is 0.234 e. The SMILES string of the molecule is ClCc1ccc(-c2nn3c(C4CCOC4)nnc3s2)cc1. The lowest BCUT2D eigenvalue weighted by Crippen LogP contribution is -2.04. The summed E-state index contributed by atoms with van der Waals surface area (Å²) in [6.45, 7) is 1.49. The Bertz CT molecular complexity index is 761. The number of aromatic nitrogens is 4. The highest BCUT2D eigenvalue weighted by Gasteiger charge is 2.24. The van der Waals surface area contributed by atoms with Gasteiger partial charge in [0, 0.05) is 24.0 Å². The van der Waals surface area contributed by atoms with Gasteiger partial charge >= 0.3 is 0 Å². The van der Waals surface area contributed by atoms with Crippen LogP contribution in [-0.2, 0) is 10.6 Å². The highest BCUT2D eigenvalue weighted by atomic mass is 35.5. The monoisotopic (exact) mass is 320 g/mol. The molecule has 5 nitrogen and oxygen atoms in total. The fraction of sp³-hybridized carbons (Fsp3) is 0.357. The van der Waals surface area contributed by atoms with E-state index in [9.17, 15) is 0 Å². The van der Waals surface area contributed by atoms with Gasteiger partial charge in [-0.25, -0.2) is 0 Å². The molecule has 1 aliphatic rings. The average Bonchev–Trinajstić information content (AvgIpc) is 3.23. The third-order valence-corrected chi connectivity index (χ3v) is 4.92. The van der Waals surface area contributed by atoms with E-state index in [2.05, 4.69) is 15.3 Å². The number of hydrogen-bond acceptors (Lipinski definition) is 5. The predicted molar refractivity (Wildman–Crippen MR) is 81.8 cm³/mol. The topological polar surface area (TPSA) is 52.3 Å². The standard InChI is InChI=1S/C14H13ClN4OS/c15-7-9-1-3-10(4-2-9)13-18-19-12(11-5-6-20-8-11)16-17-14(19)21-13/h1-4,11H,5-8H2. The number of halogens is 1. The van der Waals surface area contributed by atoms with Crippen LogP contribution in [0.1, 0.15) is 23.7 Å². The molecule has 1 fully saturated rings. The van der Waals surface area contributed by atoms with Crippen molar-refractivity contribution in [3.63, 3.8) is 0 Å². The zero-order chi connectivity index (χ0) is 14.2. The van der Waals surface area contributed by atoms with Gasteiger partial charge in [0.25, 0.3) is 0 Å². The van der Waals surface area contributed by atoms with Crippen LogP contribution in [0.3, 0.4) is 0 Å². The van der Waals surface area contributed by atoms with Crippen molar-refractivity contribution in [1.29, 1.82) is 0 Å². The fourth-order valence-electron chi connectivity index (χ4n) is 2.48. The van der Waals surface area contributed by atoms with Crippen molar-refractivity contribution in [1.82, 2.24) is 19.8 Å². The summed E-state index contributed by atoms with van der Waals surface area (Å²) in [5.41, 5.74) is 2.18. The van der Waals surface area contributed by atoms with Gasteiger partial charge in [0.15, 0.2) is 5.82 Å². The first kappa shape index (κ1) is 13.2. The molecule has 0 amide bonds. The molecule has 0 radical (unpaired) electrons. The van der Waals surface area contributed by atoms with E-state index < -0.39 is 0 Å². The smallest absolute Gasteiger partial charge is 0.234 e. The molecular weight excluding hydrogens is 308 g/mol. The number of alkyl halides is 1. The maximum absolute atomic E-state index is 5.82. The van der Waals surface area contributed by atoms with Crippen molar-refractivity contribution in [3.05, 3.63) is 35.7 Å². The molecule has 108 valence electrons. The van der Waals surface area contributed by atoms with Gasteiger partial charge < -0.3 is 4.74 Å². The van der Waals surface area contributed by atoms with Crippen LogP contribution in [-0.4, -0.2) is 33.0 Å². The first-order chi connectivity index (χ1) is 10.3. The van der Waals surface area contributed by atoms with Gasteiger partial charge in [0.2, 0.25) is 4.96 Å². The zero-order valence-corrected chi connectivity index (χ0v) is 12.8. The van der Waals surface area contributed by atoms with E-state index in [1.54, 1.807) is 11.3 Å². The van der Waals surface area contributed by atoms with Gasteiger partial charge in [-0.3, -0.25) is 0 Å². The van der Waals surface area contributed by atoms with Crippen LogP contribution >= 0.6 is 22.9 Å². The van der Waals surface area contributed by atoms with Crippen molar-refractivity contribution in [2.24, 2.45) is 0 Å². The molecule has 0 bridgehead atoms.